The van der Waals surface area contributed by atoms with Crippen LogP contribution in [0.2, 0.25) is 13.3 Å². The minimum absolute atomic E-state index is 0.215. The SMILES string of the molecule is CCC[CH2][Sn]([CH2]CCC)([CH2]CCC)[CH2]N([C@@H](CO)c1ccccc1)S(=O)(=O)c1ccccc1. The number of benzene rings is 2. The Balaban J connectivity index is 2.59. The summed E-state index contributed by atoms with van der Waals surface area (Å²) in [5, 5.41) is 10.5. The molecule has 1 N–H and O–H groups in total. The first-order valence-electron chi connectivity index (χ1n) is 12.7. The van der Waals surface area contributed by atoms with E-state index < -0.39 is 34.4 Å². The second-order valence-electron chi connectivity index (χ2n) is 9.28. The molecule has 184 valence electrons. The van der Waals surface area contributed by atoms with E-state index in [1.54, 1.807) is 28.6 Å². The molecule has 0 aromatic heterocycles. The van der Waals surface area contributed by atoms with Gasteiger partial charge in [0, 0.05) is 0 Å². The number of hydrogen-bond acceptors (Lipinski definition) is 3. The van der Waals surface area contributed by atoms with Gasteiger partial charge in [-0.1, -0.05) is 0 Å². The zero-order valence-corrected chi connectivity index (χ0v) is 24.4. The average molecular weight is 580 g/mol. The summed E-state index contributed by atoms with van der Waals surface area (Å²) in [7, 11) is -3.74. The molecule has 6 heteroatoms. The third-order valence-electron chi connectivity index (χ3n) is 6.73. The Morgan fingerprint density at radius 3 is 1.67 bits per heavy atom. The van der Waals surface area contributed by atoms with E-state index in [2.05, 4.69) is 20.8 Å². The van der Waals surface area contributed by atoms with Crippen LogP contribution in [0.3, 0.4) is 0 Å². The third-order valence-corrected chi connectivity index (χ3v) is 24.2. The molecule has 0 saturated heterocycles. The van der Waals surface area contributed by atoms with Crippen LogP contribution >= 0.6 is 0 Å². The van der Waals surface area contributed by atoms with Crippen LogP contribution in [0.25, 0.3) is 0 Å². The van der Waals surface area contributed by atoms with Gasteiger partial charge in [-0.2, -0.15) is 0 Å². The predicted octanol–water partition coefficient (Wildman–Crippen LogP) is 6.80. The van der Waals surface area contributed by atoms with Crippen molar-refractivity contribution >= 4 is 28.4 Å². The van der Waals surface area contributed by atoms with E-state index in [-0.39, 0.29) is 6.61 Å². The van der Waals surface area contributed by atoms with Gasteiger partial charge in [-0.05, 0) is 0 Å². The van der Waals surface area contributed by atoms with Crippen molar-refractivity contribution in [3.05, 3.63) is 66.2 Å². The van der Waals surface area contributed by atoms with Crippen LogP contribution in [0.4, 0.5) is 0 Å². The van der Waals surface area contributed by atoms with Crippen molar-refractivity contribution < 1.29 is 13.5 Å². The number of nitrogens with zero attached hydrogens (tertiary/aromatic N) is 1. The first kappa shape index (κ1) is 28.3. The Labute approximate surface area is 206 Å². The first-order chi connectivity index (χ1) is 15.9. The molecule has 2 rings (SSSR count). The van der Waals surface area contributed by atoms with Crippen LogP contribution in [0.5, 0.6) is 0 Å². The topological polar surface area (TPSA) is 57.6 Å². The van der Waals surface area contributed by atoms with Crippen molar-refractivity contribution in [3.8, 4) is 0 Å². The van der Waals surface area contributed by atoms with Crippen molar-refractivity contribution in [2.75, 3.05) is 11.2 Å². The quantitative estimate of drug-likeness (QED) is 0.222. The maximum absolute atomic E-state index is 14.1. The summed E-state index contributed by atoms with van der Waals surface area (Å²) in [6, 6.07) is 17.9. The molecule has 0 amide bonds. The van der Waals surface area contributed by atoms with Crippen molar-refractivity contribution in [1.82, 2.24) is 4.31 Å². The number of sulfonamides is 1. The zero-order chi connectivity index (χ0) is 24.2. The molecule has 2 aromatic rings. The van der Waals surface area contributed by atoms with E-state index in [9.17, 15) is 13.5 Å². The van der Waals surface area contributed by atoms with Gasteiger partial charge in [0.2, 0.25) is 0 Å². The Morgan fingerprint density at radius 2 is 1.24 bits per heavy atom. The van der Waals surface area contributed by atoms with Crippen LogP contribution in [-0.2, 0) is 10.0 Å². The van der Waals surface area contributed by atoms with Crippen LogP contribution in [-0.4, -0.2) is 47.4 Å². The molecule has 0 saturated carbocycles. The molecule has 33 heavy (non-hydrogen) atoms. The molecule has 0 bridgehead atoms. The van der Waals surface area contributed by atoms with Crippen molar-refractivity contribution in [1.29, 1.82) is 0 Å². The standard InChI is InChI=1S/C15H16NO3S.3C4H9.Sn/c1-16(15(12-17)13-8-4-2-5-9-13)20(18,19)14-10-6-3-7-11-14;3*1-3-4-2;/h2-11,15,17H,1,12H2;3*1,3-4H2,2H3;/t15-;;;;/m0..../s1. The van der Waals surface area contributed by atoms with Crippen molar-refractivity contribution in [3.63, 3.8) is 0 Å². The van der Waals surface area contributed by atoms with Gasteiger partial charge in [0.25, 0.3) is 0 Å². The van der Waals surface area contributed by atoms with Gasteiger partial charge in [-0.3, -0.25) is 0 Å². The predicted molar refractivity (Wildman–Crippen MR) is 142 cm³/mol. The summed E-state index contributed by atoms with van der Waals surface area (Å²) in [6.07, 6.45) is 6.97. The van der Waals surface area contributed by atoms with Gasteiger partial charge in [0.15, 0.2) is 0 Å². The van der Waals surface area contributed by atoms with E-state index >= 15 is 0 Å². The maximum atomic E-state index is 14.1. The van der Waals surface area contributed by atoms with E-state index in [4.69, 9.17) is 0 Å². The summed E-state index contributed by atoms with van der Waals surface area (Å²) in [5.41, 5.74) is 0.862. The summed E-state index contributed by atoms with van der Waals surface area (Å²) in [5.74, 6) is 0. The van der Waals surface area contributed by atoms with Crippen LogP contribution < -0.4 is 0 Å². The number of rotatable bonds is 16. The number of unbranched alkanes of at least 4 members (excludes halogenated alkanes) is 3. The zero-order valence-electron chi connectivity index (χ0n) is 20.7. The van der Waals surface area contributed by atoms with Gasteiger partial charge >= 0.3 is 207 Å². The molecule has 2 aromatic carbocycles. The van der Waals surface area contributed by atoms with E-state index in [1.165, 1.54) is 32.6 Å². The third kappa shape index (κ3) is 8.08. The molecule has 1 atom stereocenters. The molecule has 0 spiro atoms. The normalized spacial score (nSPS) is 13.4. The second-order valence-corrected chi connectivity index (χ2v) is 24.9. The molecule has 0 aliphatic carbocycles. The molecule has 0 radical (unpaired) electrons. The van der Waals surface area contributed by atoms with E-state index in [0.717, 1.165) is 24.8 Å². The van der Waals surface area contributed by atoms with Crippen LogP contribution in [0.1, 0.15) is 70.9 Å². The number of aliphatic hydroxyl groups excluding tert-OH is 1. The summed E-state index contributed by atoms with van der Waals surface area (Å²) < 4.78 is 34.1. The molecule has 0 aliphatic heterocycles. The van der Waals surface area contributed by atoms with Crippen molar-refractivity contribution in [2.24, 2.45) is 0 Å². The molecule has 0 unspecified atom stereocenters. The van der Waals surface area contributed by atoms with Gasteiger partial charge < -0.3 is 0 Å². The monoisotopic (exact) mass is 581 g/mol. The second kappa shape index (κ2) is 14.5. The average Bonchev–Trinajstić information content (AvgIpc) is 2.85. The summed E-state index contributed by atoms with van der Waals surface area (Å²) in [6.45, 7) is 6.48. The molecule has 4 nitrogen and oxygen atoms in total. The summed E-state index contributed by atoms with van der Waals surface area (Å²) in [4.78, 5) is 0.320. The molecule has 0 fully saturated rings. The Hall–Kier alpha value is -0.891. The van der Waals surface area contributed by atoms with Crippen LogP contribution in [0.15, 0.2) is 65.6 Å². The molecular formula is C27H43NO3SSn. The fourth-order valence-electron chi connectivity index (χ4n) is 4.73. The van der Waals surface area contributed by atoms with Gasteiger partial charge in [-0.15, -0.1) is 0 Å². The molecule has 0 aliphatic rings. The Bertz CT molecular complexity index is 868. The van der Waals surface area contributed by atoms with Crippen LogP contribution in [0, 0.1) is 0 Å². The number of aliphatic hydroxyl groups is 1. The van der Waals surface area contributed by atoms with Crippen molar-refractivity contribution in [2.45, 2.75) is 83.5 Å². The molecular weight excluding hydrogens is 537 g/mol. The van der Waals surface area contributed by atoms with Gasteiger partial charge in [-0.25, -0.2) is 0 Å². The fourth-order valence-corrected chi connectivity index (χ4v) is 24.9. The summed E-state index contributed by atoms with van der Waals surface area (Å²) >= 11 is -2.89. The first-order valence-corrected chi connectivity index (χ1v) is 22.2. The van der Waals surface area contributed by atoms with Gasteiger partial charge in [0.1, 0.15) is 0 Å². The number of hydrogen-bond donors (Lipinski definition) is 1. The van der Waals surface area contributed by atoms with E-state index in [0.29, 0.717) is 9.46 Å². The Kier molecular flexibility index (Phi) is 12.5. The van der Waals surface area contributed by atoms with E-state index in [1.807, 2.05) is 36.4 Å². The van der Waals surface area contributed by atoms with Gasteiger partial charge in [0.05, 0.1) is 0 Å². The minimum atomic E-state index is -3.74. The molecule has 0 heterocycles. The Morgan fingerprint density at radius 1 is 0.788 bits per heavy atom. The fraction of sp³-hybridized carbons (Fsp3) is 0.556.